The van der Waals surface area contributed by atoms with Crippen LogP contribution in [-0.2, 0) is 0 Å². The number of pyridine rings is 2. The van der Waals surface area contributed by atoms with Crippen LogP contribution in [0.3, 0.4) is 0 Å². The average Bonchev–Trinajstić information content (AvgIpc) is 3.20. The number of halogens is 2. The van der Waals surface area contributed by atoms with Gasteiger partial charge in [-0.15, -0.1) is 0 Å². The van der Waals surface area contributed by atoms with Gasteiger partial charge in [0, 0.05) is 37.9 Å². The van der Waals surface area contributed by atoms with Gasteiger partial charge in [0.1, 0.15) is 11.6 Å². The van der Waals surface area contributed by atoms with Gasteiger partial charge in [-0.05, 0) is 49.4 Å². The summed E-state index contributed by atoms with van der Waals surface area (Å²) in [5, 5.41) is 5.18. The lowest BCUT2D eigenvalue weighted by molar-refractivity contribution is 0.0748. The minimum Gasteiger partial charge on any atom is -0.352 e. The van der Waals surface area contributed by atoms with Crippen molar-refractivity contribution in [2.45, 2.75) is 6.92 Å². The molecule has 3 aromatic heterocycles. The third kappa shape index (κ3) is 3.67. The summed E-state index contributed by atoms with van der Waals surface area (Å²) in [6, 6.07) is 11.3. The Kier molecular flexibility index (Phi) is 5.22. The molecule has 4 aromatic rings. The minimum atomic E-state index is -0.340. The number of aryl methyl sites for hydroxylation is 1. The number of anilines is 1. The predicted molar refractivity (Wildman–Crippen MR) is 119 cm³/mol. The smallest absolute Gasteiger partial charge is 0.259 e. The molecule has 162 valence electrons. The molecule has 1 aliphatic heterocycles. The van der Waals surface area contributed by atoms with Crippen LogP contribution in [0.2, 0.25) is 5.02 Å². The van der Waals surface area contributed by atoms with Crippen LogP contribution < -0.4 is 4.90 Å². The van der Waals surface area contributed by atoms with Crippen molar-refractivity contribution < 1.29 is 13.7 Å². The van der Waals surface area contributed by atoms with Crippen molar-refractivity contribution >= 4 is 34.4 Å². The summed E-state index contributed by atoms with van der Waals surface area (Å²) < 4.78 is 18.7. The van der Waals surface area contributed by atoms with E-state index in [4.69, 9.17) is 16.1 Å². The van der Waals surface area contributed by atoms with E-state index in [-0.39, 0.29) is 17.4 Å². The fourth-order valence-electron chi connectivity index (χ4n) is 3.93. The van der Waals surface area contributed by atoms with Gasteiger partial charge in [0.05, 0.1) is 27.4 Å². The summed E-state index contributed by atoms with van der Waals surface area (Å²) in [7, 11) is 0. The lowest BCUT2D eigenvalue weighted by Gasteiger charge is -2.35. The highest BCUT2D eigenvalue weighted by Crippen LogP contribution is 2.29. The van der Waals surface area contributed by atoms with E-state index in [1.807, 2.05) is 0 Å². The molecule has 0 radical (unpaired) electrons. The van der Waals surface area contributed by atoms with Gasteiger partial charge in [0.15, 0.2) is 0 Å². The molecule has 1 amide bonds. The van der Waals surface area contributed by atoms with E-state index in [0.717, 1.165) is 5.82 Å². The Hall–Kier alpha value is -3.52. The van der Waals surface area contributed by atoms with E-state index in [1.54, 1.807) is 48.4 Å². The van der Waals surface area contributed by atoms with Gasteiger partial charge in [-0.25, -0.2) is 14.4 Å². The van der Waals surface area contributed by atoms with Crippen molar-refractivity contribution in [2.75, 3.05) is 31.1 Å². The highest BCUT2D eigenvalue weighted by atomic mass is 35.5. The lowest BCUT2D eigenvalue weighted by Crippen LogP contribution is -2.49. The summed E-state index contributed by atoms with van der Waals surface area (Å²) in [5.41, 5.74) is 2.56. The second-order valence-electron chi connectivity index (χ2n) is 7.60. The molecule has 0 bridgehead atoms. The van der Waals surface area contributed by atoms with Crippen molar-refractivity contribution in [1.82, 2.24) is 20.0 Å². The zero-order valence-electron chi connectivity index (χ0n) is 17.3. The van der Waals surface area contributed by atoms with Crippen LogP contribution in [0.4, 0.5) is 10.2 Å². The number of benzene rings is 1. The monoisotopic (exact) mass is 451 g/mol. The Bertz CT molecular complexity index is 1300. The predicted octanol–water partition coefficient (Wildman–Crippen LogP) is 4.35. The number of aromatic nitrogens is 3. The Morgan fingerprint density at radius 3 is 2.59 bits per heavy atom. The fourth-order valence-corrected chi connectivity index (χ4v) is 4.17. The molecule has 0 unspecified atom stereocenters. The maximum Gasteiger partial charge on any atom is 0.259 e. The van der Waals surface area contributed by atoms with Crippen molar-refractivity contribution in [3.05, 3.63) is 70.8 Å². The molecule has 7 nitrogen and oxygen atoms in total. The average molecular weight is 452 g/mol. The zero-order valence-corrected chi connectivity index (χ0v) is 18.0. The number of hydrogen-bond donors (Lipinski definition) is 0. The van der Waals surface area contributed by atoms with Crippen LogP contribution in [0.25, 0.3) is 22.4 Å². The number of amides is 1. The van der Waals surface area contributed by atoms with Crippen molar-refractivity contribution in [2.24, 2.45) is 0 Å². The number of rotatable bonds is 3. The number of hydrogen-bond acceptors (Lipinski definition) is 6. The summed E-state index contributed by atoms with van der Waals surface area (Å²) >= 11 is 6.28. The molecule has 0 N–H and O–H groups in total. The fraction of sp³-hybridized carbons (Fsp3) is 0.217. The molecule has 5 rings (SSSR count). The molecule has 0 aliphatic carbocycles. The van der Waals surface area contributed by atoms with Crippen molar-refractivity contribution in [1.29, 1.82) is 0 Å². The van der Waals surface area contributed by atoms with Crippen LogP contribution in [-0.4, -0.2) is 52.1 Å². The van der Waals surface area contributed by atoms with Crippen LogP contribution in [0, 0.1) is 12.7 Å². The van der Waals surface area contributed by atoms with Gasteiger partial charge < -0.3 is 14.3 Å². The number of piperazine rings is 1. The molecule has 1 aliphatic rings. The Balaban J connectivity index is 1.45. The lowest BCUT2D eigenvalue weighted by atomic mass is 10.0. The van der Waals surface area contributed by atoms with E-state index in [1.165, 1.54) is 12.1 Å². The van der Waals surface area contributed by atoms with Gasteiger partial charge in [-0.2, -0.15) is 0 Å². The molecule has 1 aromatic carbocycles. The molecule has 4 heterocycles. The highest BCUT2D eigenvalue weighted by Gasteiger charge is 2.27. The number of carbonyl (C=O) groups is 1. The first-order chi connectivity index (χ1) is 15.5. The first kappa shape index (κ1) is 20.4. The first-order valence-corrected chi connectivity index (χ1v) is 10.6. The Labute approximate surface area is 188 Å². The van der Waals surface area contributed by atoms with Gasteiger partial charge in [-0.1, -0.05) is 16.8 Å². The third-order valence-electron chi connectivity index (χ3n) is 5.59. The molecular weight excluding hydrogens is 433 g/mol. The Morgan fingerprint density at radius 2 is 1.88 bits per heavy atom. The van der Waals surface area contributed by atoms with Gasteiger partial charge in [0.2, 0.25) is 0 Å². The number of nitrogens with zero attached hydrogens (tertiary/aromatic N) is 5. The van der Waals surface area contributed by atoms with Crippen molar-refractivity contribution in [3.63, 3.8) is 0 Å². The van der Waals surface area contributed by atoms with Crippen molar-refractivity contribution in [3.8, 4) is 11.3 Å². The van der Waals surface area contributed by atoms with Gasteiger partial charge >= 0.3 is 0 Å². The summed E-state index contributed by atoms with van der Waals surface area (Å²) in [6.07, 6.45) is 1.71. The maximum absolute atomic E-state index is 13.5. The first-order valence-electron chi connectivity index (χ1n) is 10.2. The normalized spacial score (nSPS) is 14.2. The molecule has 0 spiro atoms. The number of fused-ring (bicyclic) bond motifs is 1. The number of carbonyl (C=O) groups excluding carboxylic acids is 1. The van der Waals surface area contributed by atoms with E-state index in [2.05, 4.69) is 20.0 Å². The second kappa shape index (κ2) is 8.20. The van der Waals surface area contributed by atoms with Crippen LogP contribution >= 0.6 is 11.6 Å². The van der Waals surface area contributed by atoms with E-state index in [9.17, 15) is 9.18 Å². The van der Waals surface area contributed by atoms with Crippen LogP contribution in [0.5, 0.6) is 0 Å². The summed E-state index contributed by atoms with van der Waals surface area (Å²) in [4.78, 5) is 26.2. The van der Waals surface area contributed by atoms with E-state index in [0.29, 0.717) is 59.1 Å². The topological polar surface area (TPSA) is 75.4 Å². The van der Waals surface area contributed by atoms with E-state index < -0.39 is 0 Å². The summed E-state index contributed by atoms with van der Waals surface area (Å²) in [5.74, 6) is 0.257. The van der Waals surface area contributed by atoms with Crippen LogP contribution in [0.1, 0.15) is 16.1 Å². The zero-order chi connectivity index (χ0) is 22.2. The molecule has 32 heavy (non-hydrogen) atoms. The molecular formula is C23H19ClFN5O2. The molecule has 0 atom stereocenters. The third-order valence-corrected chi connectivity index (χ3v) is 5.89. The maximum atomic E-state index is 13.5. The molecule has 0 saturated carbocycles. The standard InChI is InChI=1S/C23H19ClFN5O2/c1-14-20-17(13-19(27-22(20)32-28-14)15-4-6-16(25)7-5-15)23(31)30-11-9-29(10-12-30)21-18(24)3-2-8-26-21/h2-8,13H,9-12H2,1H3. The van der Waals surface area contributed by atoms with Gasteiger partial charge in [-0.3, -0.25) is 4.79 Å². The van der Waals surface area contributed by atoms with Gasteiger partial charge in [0.25, 0.3) is 11.6 Å². The SMILES string of the molecule is Cc1noc2nc(-c3ccc(F)cc3)cc(C(=O)N3CCN(c4ncccc4Cl)CC3)c12. The quantitative estimate of drug-likeness (QED) is 0.461. The highest BCUT2D eigenvalue weighted by molar-refractivity contribution is 6.32. The Morgan fingerprint density at radius 1 is 1.12 bits per heavy atom. The second-order valence-corrected chi connectivity index (χ2v) is 8.01. The molecule has 1 fully saturated rings. The largest absolute Gasteiger partial charge is 0.352 e. The minimum absolute atomic E-state index is 0.126. The van der Waals surface area contributed by atoms with Crippen LogP contribution in [0.15, 0.2) is 53.2 Å². The summed E-state index contributed by atoms with van der Waals surface area (Å²) in [6.45, 7) is 4.05. The molecule has 9 heteroatoms. The molecule has 1 saturated heterocycles. The van der Waals surface area contributed by atoms with E-state index >= 15 is 0 Å².